The number of hydrogen-bond donors (Lipinski definition) is 1. The number of benzene rings is 1. The molecule has 0 saturated carbocycles. The fraction of sp³-hybridized carbons (Fsp3) is 0.133. The zero-order chi connectivity index (χ0) is 15.0. The molecular formula is C15H13IN2O2S. The normalized spacial score (nSPS) is 10.8. The number of anilines is 1. The number of nitrogen functional groups attached to an aromatic ring is 1. The Morgan fingerprint density at radius 2 is 2.14 bits per heavy atom. The summed E-state index contributed by atoms with van der Waals surface area (Å²) < 4.78 is 12.1. The molecule has 0 aliphatic heterocycles. The van der Waals surface area contributed by atoms with Crippen LogP contribution in [0.2, 0.25) is 0 Å². The van der Waals surface area contributed by atoms with Crippen molar-refractivity contribution < 1.29 is 9.26 Å². The number of aromatic nitrogens is 1. The van der Waals surface area contributed by atoms with Crippen LogP contribution >= 0.6 is 33.9 Å². The van der Waals surface area contributed by atoms with Gasteiger partial charge in [-0.1, -0.05) is 16.8 Å². The van der Waals surface area contributed by atoms with Crippen LogP contribution in [0.4, 0.5) is 5.82 Å². The van der Waals surface area contributed by atoms with Crippen molar-refractivity contribution in [3.63, 3.8) is 0 Å². The third-order valence-electron chi connectivity index (χ3n) is 3.17. The minimum Gasteiger partial charge on any atom is -0.496 e. The Labute approximate surface area is 140 Å². The Kier molecular flexibility index (Phi) is 3.90. The molecule has 3 aromatic rings. The second-order valence-electron chi connectivity index (χ2n) is 4.62. The van der Waals surface area contributed by atoms with Crippen LogP contribution in [-0.2, 0) is 0 Å². The Balaban J connectivity index is 2.24. The van der Waals surface area contributed by atoms with E-state index in [-0.39, 0.29) is 0 Å². The molecule has 4 nitrogen and oxygen atoms in total. The summed E-state index contributed by atoms with van der Waals surface area (Å²) in [5.41, 5.74) is 9.81. The fourth-order valence-corrected chi connectivity index (χ4v) is 3.53. The van der Waals surface area contributed by atoms with Gasteiger partial charge in [-0.2, -0.15) is 0 Å². The van der Waals surface area contributed by atoms with Gasteiger partial charge in [-0.05, 0) is 47.7 Å². The summed E-state index contributed by atoms with van der Waals surface area (Å²) in [5, 5.41) is 5.97. The highest BCUT2D eigenvalue weighted by molar-refractivity contribution is 14.1. The number of methoxy groups -OCH3 is 1. The summed E-state index contributed by atoms with van der Waals surface area (Å²) in [4.78, 5) is 0. The molecule has 2 N–H and O–H groups in total. The van der Waals surface area contributed by atoms with E-state index in [1.54, 1.807) is 18.4 Å². The van der Waals surface area contributed by atoms with Crippen LogP contribution in [0.25, 0.3) is 22.5 Å². The zero-order valence-corrected chi connectivity index (χ0v) is 14.5. The van der Waals surface area contributed by atoms with E-state index >= 15 is 0 Å². The van der Waals surface area contributed by atoms with Crippen molar-refractivity contribution in [2.45, 2.75) is 6.92 Å². The molecule has 2 aromatic heterocycles. The molecule has 0 atom stereocenters. The maximum atomic E-state index is 6.03. The molecule has 21 heavy (non-hydrogen) atoms. The molecule has 1 aromatic carbocycles. The van der Waals surface area contributed by atoms with Crippen molar-refractivity contribution in [1.82, 2.24) is 5.16 Å². The molecular weight excluding hydrogens is 399 g/mol. The number of thiophene rings is 1. The lowest BCUT2D eigenvalue weighted by molar-refractivity contribution is 0.416. The van der Waals surface area contributed by atoms with E-state index in [1.165, 1.54) is 2.88 Å². The summed E-state index contributed by atoms with van der Waals surface area (Å²) in [5.74, 6) is 1.80. The molecule has 0 amide bonds. The maximum Gasteiger partial charge on any atom is 0.177 e. The lowest BCUT2D eigenvalue weighted by Gasteiger charge is -2.09. The molecule has 0 bridgehead atoms. The highest BCUT2D eigenvalue weighted by Gasteiger charge is 2.21. The second kappa shape index (κ2) is 5.69. The van der Waals surface area contributed by atoms with Crippen LogP contribution in [0.15, 0.2) is 34.2 Å². The topological polar surface area (TPSA) is 61.3 Å². The van der Waals surface area contributed by atoms with Gasteiger partial charge in [0.2, 0.25) is 0 Å². The molecule has 0 fully saturated rings. The third-order valence-corrected chi connectivity index (χ3v) is 4.96. The van der Waals surface area contributed by atoms with Gasteiger partial charge >= 0.3 is 0 Å². The smallest absolute Gasteiger partial charge is 0.177 e. The average Bonchev–Trinajstić information content (AvgIpc) is 3.04. The number of ether oxygens (including phenoxy) is 1. The monoisotopic (exact) mass is 412 g/mol. The molecule has 6 heteroatoms. The fourth-order valence-electron chi connectivity index (χ4n) is 2.21. The van der Waals surface area contributed by atoms with Gasteiger partial charge in [0.05, 0.1) is 15.6 Å². The molecule has 0 unspecified atom stereocenters. The predicted molar refractivity (Wildman–Crippen MR) is 93.7 cm³/mol. The summed E-state index contributed by atoms with van der Waals surface area (Å²) in [6.45, 7) is 2.03. The molecule has 108 valence electrons. The van der Waals surface area contributed by atoms with E-state index in [0.29, 0.717) is 11.6 Å². The molecule has 0 aliphatic rings. The standard InChI is InChI=1S/C15H13IN2O2S/c1-8-3-4-11(19-2)10(5-8)13-14(20-18-15(13)17)9-6-12(16)21-7-9/h3-7H,1-2H3,(H2,17,18). The number of nitrogens with zero attached hydrogens (tertiary/aromatic N) is 1. The minimum atomic E-state index is 0.370. The molecule has 2 heterocycles. The first-order valence-corrected chi connectivity index (χ1v) is 8.20. The van der Waals surface area contributed by atoms with Crippen molar-refractivity contribution in [3.05, 3.63) is 38.1 Å². The first-order valence-electron chi connectivity index (χ1n) is 6.24. The number of nitrogens with two attached hydrogens (primary N) is 1. The Bertz CT molecular complexity index is 795. The summed E-state index contributed by atoms with van der Waals surface area (Å²) in [7, 11) is 1.64. The maximum absolute atomic E-state index is 6.03. The van der Waals surface area contributed by atoms with Crippen LogP contribution in [0.3, 0.4) is 0 Å². The SMILES string of the molecule is COc1ccc(C)cc1-c1c(N)noc1-c1csc(I)c1. The first-order chi connectivity index (χ1) is 10.1. The van der Waals surface area contributed by atoms with Gasteiger partial charge in [0.15, 0.2) is 11.6 Å². The van der Waals surface area contributed by atoms with Crippen LogP contribution < -0.4 is 10.5 Å². The highest BCUT2D eigenvalue weighted by atomic mass is 127. The molecule has 0 aliphatic carbocycles. The van der Waals surface area contributed by atoms with Crippen molar-refractivity contribution in [3.8, 4) is 28.2 Å². The molecule has 0 saturated heterocycles. The number of rotatable bonds is 3. The molecule has 0 spiro atoms. The molecule has 0 radical (unpaired) electrons. The third kappa shape index (κ3) is 2.65. The molecule has 3 rings (SSSR count). The quantitative estimate of drug-likeness (QED) is 0.641. The number of hydrogen-bond acceptors (Lipinski definition) is 5. The van der Waals surface area contributed by atoms with Crippen molar-refractivity contribution >= 4 is 39.7 Å². The Morgan fingerprint density at radius 3 is 2.81 bits per heavy atom. The van der Waals surface area contributed by atoms with Gasteiger partial charge in [-0.3, -0.25) is 0 Å². The van der Waals surface area contributed by atoms with Gasteiger partial charge in [-0.25, -0.2) is 0 Å². The van der Waals surface area contributed by atoms with Gasteiger partial charge < -0.3 is 15.0 Å². The van der Waals surface area contributed by atoms with Gasteiger partial charge in [-0.15, -0.1) is 11.3 Å². The second-order valence-corrected chi connectivity index (χ2v) is 7.42. The van der Waals surface area contributed by atoms with Gasteiger partial charge in [0, 0.05) is 16.5 Å². The predicted octanol–water partition coefficient (Wildman–Crippen LogP) is 4.57. The summed E-state index contributed by atoms with van der Waals surface area (Å²) >= 11 is 3.93. The number of halogens is 1. The minimum absolute atomic E-state index is 0.370. The van der Waals surface area contributed by atoms with E-state index in [4.69, 9.17) is 15.0 Å². The largest absolute Gasteiger partial charge is 0.496 e. The van der Waals surface area contributed by atoms with Crippen molar-refractivity contribution in [2.24, 2.45) is 0 Å². The Morgan fingerprint density at radius 1 is 1.33 bits per heavy atom. The van der Waals surface area contributed by atoms with E-state index in [1.807, 2.05) is 30.5 Å². The Hall–Kier alpha value is -1.54. The lowest BCUT2D eigenvalue weighted by atomic mass is 10.00. The zero-order valence-electron chi connectivity index (χ0n) is 11.5. The number of aryl methyl sites for hydroxylation is 1. The summed E-state index contributed by atoms with van der Waals surface area (Å²) in [6, 6.07) is 8.01. The van der Waals surface area contributed by atoms with Crippen LogP contribution in [0.1, 0.15) is 5.56 Å². The van der Waals surface area contributed by atoms with Gasteiger partial charge in [0.1, 0.15) is 5.75 Å². The lowest BCUT2D eigenvalue weighted by Crippen LogP contribution is -1.93. The van der Waals surface area contributed by atoms with Crippen LogP contribution in [0.5, 0.6) is 5.75 Å². The highest BCUT2D eigenvalue weighted by Crippen LogP contribution is 2.42. The van der Waals surface area contributed by atoms with E-state index in [0.717, 1.165) is 28.0 Å². The first kappa shape index (κ1) is 14.4. The average molecular weight is 412 g/mol. The van der Waals surface area contributed by atoms with Gasteiger partial charge in [0.25, 0.3) is 0 Å². The van der Waals surface area contributed by atoms with Crippen LogP contribution in [0, 0.1) is 9.81 Å². The van der Waals surface area contributed by atoms with Crippen LogP contribution in [-0.4, -0.2) is 12.3 Å². The summed E-state index contributed by atoms with van der Waals surface area (Å²) in [6.07, 6.45) is 0. The van der Waals surface area contributed by atoms with E-state index in [2.05, 4.69) is 33.8 Å². The van der Waals surface area contributed by atoms with E-state index < -0.39 is 0 Å². The van der Waals surface area contributed by atoms with Crippen molar-refractivity contribution in [2.75, 3.05) is 12.8 Å². The van der Waals surface area contributed by atoms with Crippen molar-refractivity contribution in [1.29, 1.82) is 0 Å². The van der Waals surface area contributed by atoms with E-state index in [9.17, 15) is 0 Å².